The average molecular weight is 397 g/mol. The van der Waals surface area contributed by atoms with Crippen LogP contribution in [0.15, 0.2) is 48.5 Å². The summed E-state index contributed by atoms with van der Waals surface area (Å²) < 4.78 is 14.7. The van der Waals surface area contributed by atoms with Crippen LogP contribution in [-0.2, 0) is 14.3 Å². The van der Waals surface area contributed by atoms with Gasteiger partial charge < -0.3 is 19.1 Å². The highest BCUT2D eigenvalue weighted by Gasteiger charge is 2.37. The molecule has 0 bridgehead atoms. The maximum atomic E-state index is 13.2. The van der Waals surface area contributed by atoms with Crippen LogP contribution < -0.4 is 9.64 Å². The molecule has 0 N–H and O–H groups in total. The zero-order chi connectivity index (χ0) is 21.0. The molecule has 1 aliphatic rings. The first kappa shape index (κ1) is 20.4. The van der Waals surface area contributed by atoms with E-state index in [4.69, 9.17) is 14.2 Å². The number of carbonyl (C=O) groups excluding carboxylic acids is 3. The van der Waals surface area contributed by atoms with Crippen molar-refractivity contribution in [2.24, 2.45) is 0 Å². The summed E-state index contributed by atoms with van der Waals surface area (Å²) in [4.78, 5) is 38.6. The van der Waals surface area contributed by atoms with E-state index in [0.717, 1.165) is 5.56 Å². The molecule has 0 saturated heterocycles. The van der Waals surface area contributed by atoms with Crippen LogP contribution in [0.2, 0.25) is 0 Å². The Morgan fingerprint density at radius 2 is 1.76 bits per heavy atom. The number of methoxy groups -OCH3 is 1. The molecule has 0 saturated carbocycles. The largest absolute Gasteiger partial charge is 0.513 e. The fourth-order valence-corrected chi connectivity index (χ4v) is 3.54. The van der Waals surface area contributed by atoms with Crippen molar-refractivity contribution in [1.82, 2.24) is 0 Å². The topological polar surface area (TPSA) is 82.1 Å². The van der Waals surface area contributed by atoms with Gasteiger partial charge in [-0.05, 0) is 56.2 Å². The number of rotatable bonds is 4. The van der Waals surface area contributed by atoms with E-state index < -0.39 is 12.1 Å². The van der Waals surface area contributed by atoms with Gasteiger partial charge in [0.25, 0.3) is 5.91 Å². The Labute approximate surface area is 169 Å². The summed E-state index contributed by atoms with van der Waals surface area (Å²) in [6.07, 6.45) is -0.321. The predicted octanol–water partition coefficient (Wildman–Crippen LogP) is 3.92. The van der Waals surface area contributed by atoms with E-state index in [1.807, 2.05) is 31.2 Å². The Kier molecular flexibility index (Phi) is 6.16. The van der Waals surface area contributed by atoms with Gasteiger partial charge in [0.2, 0.25) is 0 Å². The second-order valence-electron chi connectivity index (χ2n) is 6.70. The van der Waals surface area contributed by atoms with Crippen molar-refractivity contribution < 1.29 is 28.6 Å². The minimum Gasteiger partial charge on any atom is -0.469 e. The number of nitrogens with zero attached hydrogens (tertiary/aromatic N) is 1. The molecule has 3 rings (SSSR count). The third kappa shape index (κ3) is 4.23. The number of hydrogen-bond acceptors (Lipinski definition) is 6. The van der Waals surface area contributed by atoms with Crippen LogP contribution in [0.3, 0.4) is 0 Å². The molecule has 0 spiro atoms. The Hall–Kier alpha value is -3.35. The van der Waals surface area contributed by atoms with Crippen LogP contribution in [0.1, 0.15) is 42.1 Å². The van der Waals surface area contributed by atoms with Crippen LogP contribution in [0.4, 0.5) is 10.5 Å². The maximum Gasteiger partial charge on any atom is 0.513 e. The van der Waals surface area contributed by atoms with Gasteiger partial charge in [-0.2, -0.15) is 0 Å². The normalized spacial score (nSPS) is 17.8. The average Bonchev–Trinajstić information content (AvgIpc) is 2.73. The van der Waals surface area contributed by atoms with Gasteiger partial charge in [0.05, 0.1) is 19.6 Å². The Morgan fingerprint density at radius 1 is 1.07 bits per heavy atom. The molecule has 1 aliphatic heterocycles. The number of ether oxygens (including phenoxy) is 3. The number of benzene rings is 2. The van der Waals surface area contributed by atoms with Crippen LogP contribution in [0, 0.1) is 0 Å². The molecular formula is C22H23NO6. The first-order valence-corrected chi connectivity index (χ1v) is 9.41. The second-order valence-corrected chi connectivity index (χ2v) is 6.70. The van der Waals surface area contributed by atoms with Gasteiger partial charge >= 0.3 is 12.1 Å². The highest BCUT2D eigenvalue weighted by atomic mass is 16.7. The standard InChI is InChI=1S/C22H23NO6/c1-4-28-22(26)29-16-11-9-15(10-12-16)20(24)23-14(2)13-18(21(25)27-3)17-7-5-6-8-19(17)23/h5-12,14,18H,4,13H2,1-3H3. The fourth-order valence-electron chi connectivity index (χ4n) is 3.54. The van der Waals surface area contributed by atoms with Gasteiger partial charge in [-0.25, -0.2) is 4.79 Å². The van der Waals surface area contributed by atoms with Gasteiger partial charge in [-0.1, -0.05) is 18.2 Å². The molecule has 2 atom stereocenters. The van der Waals surface area contributed by atoms with Crippen molar-refractivity contribution in [3.63, 3.8) is 0 Å². The van der Waals surface area contributed by atoms with Gasteiger partial charge in [0.1, 0.15) is 5.75 Å². The van der Waals surface area contributed by atoms with Gasteiger partial charge in [-0.15, -0.1) is 0 Å². The molecule has 29 heavy (non-hydrogen) atoms. The van der Waals surface area contributed by atoms with Crippen molar-refractivity contribution in [2.45, 2.75) is 32.2 Å². The third-order valence-electron chi connectivity index (χ3n) is 4.86. The van der Waals surface area contributed by atoms with E-state index in [1.165, 1.54) is 7.11 Å². The van der Waals surface area contributed by atoms with Crippen LogP contribution in [0.5, 0.6) is 5.75 Å². The quantitative estimate of drug-likeness (QED) is 0.575. The zero-order valence-corrected chi connectivity index (χ0v) is 16.6. The number of esters is 1. The predicted molar refractivity (Wildman–Crippen MR) is 106 cm³/mol. The Morgan fingerprint density at radius 3 is 2.41 bits per heavy atom. The smallest absolute Gasteiger partial charge is 0.469 e. The molecule has 1 amide bonds. The van der Waals surface area contributed by atoms with E-state index in [9.17, 15) is 14.4 Å². The molecule has 0 fully saturated rings. The Balaban J connectivity index is 1.86. The Bertz CT molecular complexity index is 908. The van der Waals surface area contributed by atoms with E-state index in [2.05, 4.69) is 0 Å². The zero-order valence-electron chi connectivity index (χ0n) is 16.6. The lowest BCUT2D eigenvalue weighted by molar-refractivity contribution is -0.142. The number of fused-ring (bicyclic) bond motifs is 1. The first-order valence-electron chi connectivity index (χ1n) is 9.41. The van der Waals surface area contributed by atoms with Crippen LogP contribution >= 0.6 is 0 Å². The van der Waals surface area contributed by atoms with E-state index in [-0.39, 0.29) is 30.3 Å². The highest BCUT2D eigenvalue weighted by Crippen LogP contribution is 2.39. The molecule has 0 aliphatic carbocycles. The summed E-state index contributed by atoms with van der Waals surface area (Å²) in [5, 5.41) is 0. The van der Waals surface area contributed by atoms with Gasteiger partial charge in [-0.3, -0.25) is 9.59 Å². The second kappa shape index (κ2) is 8.77. The monoisotopic (exact) mass is 397 g/mol. The van der Waals surface area contributed by atoms with Crippen LogP contribution in [-0.4, -0.2) is 37.8 Å². The van der Waals surface area contributed by atoms with E-state index in [0.29, 0.717) is 17.7 Å². The molecule has 2 aromatic carbocycles. The SMILES string of the molecule is CCOC(=O)Oc1ccc(C(=O)N2c3ccccc3C(C(=O)OC)CC2C)cc1. The van der Waals surface area contributed by atoms with E-state index in [1.54, 1.807) is 36.1 Å². The number of para-hydroxylation sites is 1. The van der Waals surface area contributed by atoms with Gasteiger partial charge in [0.15, 0.2) is 0 Å². The number of amides is 1. The minimum atomic E-state index is -0.793. The van der Waals surface area contributed by atoms with Crippen molar-refractivity contribution in [3.05, 3.63) is 59.7 Å². The number of anilines is 1. The molecule has 0 aromatic heterocycles. The lowest BCUT2D eigenvalue weighted by Gasteiger charge is -2.38. The first-order chi connectivity index (χ1) is 14.0. The summed E-state index contributed by atoms with van der Waals surface area (Å²) in [5.41, 5.74) is 1.91. The lowest BCUT2D eigenvalue weighted by atomic mass is 9.85. The fraction of sp³-hybridized carbons (Fsp3) is 0.318. The van der Waals surface area contributed by atoms with Gasteiger partial charge in [0, 0.05) is 17.3 Å². The lowest BCUT2D eigenvalue weighted by Crippen LogP contribution is -2.44. The molecule has 7 nitrogen and oxygen atoms in total. The minimum absolute atomic E-state index is 0.197. The summed E-state index contributed by atoms with van der Waals surface area (Å²) in [6, 6.07) is 13.4. The highest BCUT2D eigenvalue weighted by molar-refractivity contribution is 6.08. The molecular weight excluding hydrogens is 374 g/mol. The molecule has 152 valence electrons. The molecule has 7 heteroatoms. The summed E-state index contributed by atoms with van der Waals surface area (Å²) >= 11 is 0. The van der Waals surface area contributed by atoms with E-state index >= 15 is 0 Å². The number of hydrogen-bond donors (Lipinski definition) is 0. The van der Waals surface area contributed by atoms with Crippen LogP contribution in [0.25, 0.3) is 0 Å². The summed E-state index contributed by atoms with van der Waals surface area (Å²) in [6.45, 7) is 3.81. The summed E-state index contributed by atoms with van der Waals surface area (Å²) in [7, 11) is 1.37. The number of carbonyl (C=O) groups is 3. The molecule has 1 heterocycles. The molecule has 2 unspecified atom stereocenters. The molecule has 2 aromatic rings. The van der Waals surface area contributed by atoms with Crippen molar-refractivity contribution >= 4 is 23.7 Å². The van der Waals surface area contributed by atoms with Crippen molar-refractivity contribution in [1.29, 1.82) is 0 Å². The van der Waals surface area contributed by atoms with Crippen molar-refractivity contribution in [2.75, 3.05) is 18.6 Å². The maximum absolute atomic E-state index is 13.2. The third-order valence-corrected chi connectivity index (χ3v) is 4.86. The van der Waals surface area contributed by atoms with Crippen molar-refractivity contribution in [3.8, 4) is 5.75 Å². The summed E-state index contributed by atoms with van der Waals surface area (Å²) in [5.74, 6) is -0.624. The molecule has 0 radical (unpaired) electrons.